The summed E-state index contributed by atoms with van der Waals surface area (Å²) in [6.45, 7) is 9.56. The molecule has 0 unspecified atom stereocenters. The molecule has 0 saturated carbocycles. The van der Waals surface area contributed by atoms with Crippen molar-refractivity contribution in [2.45, 2.75) is 63.3 Å². The Balaban J connectivity index is 1.81. The van der Waals surface area contributed by atoms with Crippen molar-refractivity contribution in [2.24, 2.45) is 0 Å². The van der Waals surface area contributed by atoms with E-state index in [4.69, 9.17) is 4.74 Å². The maximum Gasteiger partial charge on any atom is 0.243 e. The van der Waals surface area contributed by atoms with Gasteiger partial charge in [-0.25, -0.2) is 8.42 Å². The van der Waals surface area contributed by atoms with Crippen LogP contribution in [0.3, 0.4) is 0 Å². The first-order valence-corrected chi connectivity index (χ1v) is 11.2. The van der Waals surface area contributed by atoms with Gasteiger partial charge in [0.05, 0.1) is 12.0 Å². The van der Waals surface area contributed by atoms with Crippen LogP contribution in [0.15, 0.2) is 17.0 Å². The van der Waals surface area contributed by atoms with Crippen molar-refractivity contribution in [3.05, 3.63) is 23.3 Å². The van der Waals surface area contributed by atoms with Crippen molar-refractivity contribution in [3.63, 3.8) is 0 Å². The van der Waals surface area contributed by atoms with Gasteiger partial charge in [0.1, 0.15) is 5.75 Å². The minimum atomic E-state index is -3.46. The first kappa shape index (κ1) is 19.6. The first-order chi connectivity index (χ1) is 12.3. The smallest absolute Gasteiger partial charge is 0.243 e. The van der Waals surface area contributed by atoms with E-state index in [9.17, 15) is 8.42 Å². The van der Waals surface area contributed by atoms with Gasteiger partial charge in [0.2, 0.25) is 10.0 Å². The third-order valence-electron chi connectivity index (χ3n) is 5.85. The fraction of sp³-hybridized carbons (Fsp3) is 0.700. The van der Waals surface area contributed by atoms with Crippen molar-refractivity contribution in [1.82, 2.24) is 9.21 Å². The van der Waals surface area contributed by atoms with Gasteiger partial charge in [0, 0.05) is 19.1 Å². The van der Waals surface area contributed by atoms with Gasteiger partial charge >= 0.3 is 0 Å². The Bertz CT molecular complexity index is 732. The van der Waals surface area contributed by atoms with E-state index in [-0.39, 0.29) is 5.92 Å². The molecule has 2 saturated heterocycles. The summed E-state index contributed by atoms with van der Waals surface area (Å²) in [6.07, 6.45) is 4.43. The lowest BCUT2D eigenvalue weighted by Crippen LogP contribution is -2.45. The predicted octanol–water partition coefficient (Wildman–Crippen LogP) is 3.38. The molecule has 0 spiro atoms. The SMILES string of the molecule is COc1cc(C)c(S(=O)(=O)N2CCC(N3CCCC3)CC2)cc1C(C)C. The van der Waals surface area contributed by atoms with Gasteiger partial charge in [-0.3, -0.25) is 0 Å². The number of hydrogen-bond acceptors (Lipinski definition) is 4. The largest absolute Gasteiger partial charge is 0.496 e. The van der Waals surface area contributed by atoms with E-state index in [1.807, 2.05) is 19.1 Å². The molecule has 1 aromatic carbocycles. The van der Waals surface area contributed by atoms with Crippen molar-refractivity contribution in [1.29, 1.82) is 0 Å². The normalized spacial score (nSPS) is 20.8. The quantitative estimate of drug-likeness (QED) is 0.786. The number of likely N-dealkylation sites (tertiary alicyclic amines) is 1. The van der Waals surface area contributed by atoms with Crippen molar-refractivity contribution < 1.29 is 13.2 Å². The third kappa shape index (κ3) is 3.78. The second-order valence-corrected chi connectivity index (χ2v) is 9.80. The van der Waals surface area contributed by atoms with Crippen LogP contribution in [0, 0.1) is 6.92 Å². The topological polar surface area (TPSA) is 49.9 Å². The predicted molar refractivity (Wildman–Crippen MR) is 104 cm³/mol. The number of nitrogens with zero attached hydrogens (tertiary/aromatic N) is 2. The zero-order valence-electron chi connectivity index (χ0n) is 16.5. The van der Waals surface area contributed by atoms with Crippen LogP contribution in [0.4, 0.5) is 0 Å². The molecule has 5 nitrogen and oxygen atoms in total. The second-order valence-electron chi connectivity index (χ2n) is 7.89. The summed E-state index contributed by atoms with van der Waals surface area (Å²) in [6, 6.07) is 4.23. The minimum absolute atomic E-state index is 0.209. The van der Waals surface area contributed by atoms with Crippen LogP contribution in [-0.2, 0) is 10.0 Å². The number of rotatable bonds is 5. The van der Waals surface area contributed by atoms with Crippen molar-refractivity contribution >= 4 is 10.0 Å². The number of benzene rings is 1. The summed E-state index contributed by atoms with van der Waals surface area (Å²) in [5.41, 5.74) is 1.71. The lowest BCUT2D eigenvalue weighted by atomic mass is 10.0. The molecular weight excluding hydrogens is 348 g/mol. The van der Waals surface area contributed by atoms with Gasteiger partial charge in [-0.05, 0) is 74.9 Å². The number of sulfonamides is 1. The summed E-state index contributed by atoms with van der Waals surface area (Å²) in [5, 5.41) is 0. The average Bonchev–Trinajstić information content (AvgIpc) is 3.15. The summed E-state index contributed by atoms with van der Waals surface area (Å²) in [5.74, 6) is 0.976. The Labute approximate surface area is 158 Å². The van der Waals surface area contributed by atoms with E-state index in [0.717, 1.165) is 29.7 Å². The number of methoxy groups -OCH3 is 1. The summed E-state index contributed by atoms with van der Waals surface area (Å²) >= 11 is 0. The van der Waals surface area contributed by atoms with E-state index in [0.29, 0.717) is 24.0 Å². The van der Waals surface area contributed by atoms with Crippen LogP contribution >= 0.6 is 0 Å². The van der Waals surface area contributed by atoms with E-state index >= 15 is 0 Å². The summed E-state index contributed by atoms with van der Waals surface area (Å²) < 4.78 is 33.7. The molecule has 146 valence electrons. The van der Waals surface area contributed by atoms with Crippen LogP contribution in [0.5, 0.6) is 5.75 Å². The molecule has 0 aromatic heterocycles. The van der Waals surface area contributed by atoms with E-state index < -0.39 is 10.0 Å². The highest BCUT2D eigenvalue weighted by molar-refractivity contribution is 7.89. The average molecular weight is 381 g/mol. The van der Waals surface area contributed by atoms with Crippen LogP contribution in [0.1, 0.15) is 56.6 Å². The van der Waals surface area contributed by atoms with Gasteiger partial charge in [0.25, 0.3) is 0 Å². The van der Waals surface area contributed by atoms with E-state index in [1.165, 1.54) is 25.9 Å². The van der Waals surface area contributed by atoms with Crippen LogP contribution in [-0.4, -0.2) is 57.0 Å². The standard InChI is InChI=1S/C20H32N2O3S/c1-15(2)18-14-20(16(3)13-19(18)25-4)26(23,24)22-11-7-17(8-12-22)21-9-5-6-10-21/h13-15,17H,5-12H2,1-4H3. The number of ether oxygens (including phenoxy) is 1. The maximum atomic E-state index is 13.3. The number of hydrogen-bond donors (Lipinski definition) is 0. The molecule has 2 fully saturated rings. The molecule has 0 bridgehead atoms. The van der Waals surface area contributed by atoms with Gasteiger partial charge in [-0.15, -0.1) is 0 Å². The van der Waals surface area contributed by atoms with E-state index in [1.54, 1.807) is 11.4 Å². The van der Waals surface area contributed by atoms with Crippen LogP contribution in [0.25, 0.3) is 0 Å². The molecule has 3 rings (SSSR count). The van der Waals surface area contributed by atoms with Gasteiger partial charge in [-0.2, -0.15) is 4.31 Å². The molecule has 6 heteroatoms. The number of piperidine rings is 1. The zero-order valence-corrected chi connectivity index (χ0v) is 17.3. The lowest BCUT2D eigenvalue weighted by molar-refractivity contribution is 0.168. The Hall–Kier alpha value is -1.11. The Morgan fingerprint density at radius 3 is 2.23 bits per heavy atom. The molecule has 26 heavy (non-hydrogen) atoms. The monoisotopic (exact) mass is 380 g/mol. The molecule has 2 aliphatic heterocycles. The van der Waals surface area contributed by atoms with Crippen LogP contribution in [0.2, 0.25) is 0 Å². The zero-order chi connectivity index (χ0) is 18.9. The number of aryl methyl sites for hydroxylation is 1. The molecule has 0 N–H and O–H groups in total. The van der Waals surface area contributed by atoms with Gasteiger partial charge < -0.3 is 9.64 Å². The highest BCUT2D eigenvalue weighted by Crippen LogP contribution is 2.34. The van der Waals surface area contributed by atoms with Crippen molar-refractivity contribution in [3.8, 4) is 5.75 Å². The molecule has 0 atom stereocenters. The first-order valence-electron chi connectivity index (χ1n) is 9.77. The Morgan fingerprint density at radius 1 is 1.08 bits per heavy atom. The van der Waals surface area contributed by atoms with Gasteiger partial charge in [0.15, 0.2) is 0 Å². The highest BCUT2D eigenvalue weighted by atomic mass is 32.2. The Morgan fingerprint density at radius 2 is 1.69 bits per heavy atom. The molecule has 0 radical (unpaired) electrons. The molecule has 2 aliphatic rings. The van der Waals surface area contributed by atoms with Gasteiger partial charge in [-0.1, -0.05) is 13.8 Å². The lowest BCUT2D eigenvalue weighted by Gasteiger charge is -2.36. The Kier molecular flexibility index (Phi) is 5.94. The fourth-order valence-electron chi connectivity index (χ4n) is 4.28. The fourth-order valence-corrected chi connectivity index (χ4v) is 5.99. The van der Waals surface area contributed by atoms with E-state index in [2.05, 4.69) is 18.7 Å². The molecule has 2 heterocycles. The third-order valence-corrected chi connectivity index (χ3v) is 7.89. The van der Waals surface area contributed by atoms with Crippen LogP contribution < -0.4 is 4.74 Å². The minimum Gasteiger partial charge on any atom is -0.496 e. The summed E-state index contributed by atoms with van der Waals surface area (Å²) in [4.78, 5) is 2.97. The molecular formula is C20H32N2O3S. The molecule has 1 aromatic rings. The molecule has 0 aliphatic carbocycles. The maximum absolute atomic E-state index is 13.3. The summed E-state index contributed by atoms with van der Waals surface area (Å²) in [7, 11) is -1.82. The molecule has 0 amide bonds. The highest BCUT2D eigenvalue weighted by Gasteiger charge is 2.33. The van der Waals surface area contributed by atoms with Crippen molar-refractivity contribution in [2.75, 3.05) is 33.3 Å². The second kappa shape index (κ2) is 7.87.